The fourth-order valence-electron chi connectivity index (χ4n) is 1.28. The number of alkyl halides is 3. The molecule has 0 aliphatic rings. The van der Waals surface area contributed by atoms with Gasteiger partial charge in [0.25, 0.3) is 5.82 Å². The van der Waals surface area contributed by atoms with Crippen molar-refractivity contribution in [1.29, 1.82) is 0 Å². The summed E-state index contributed by atoms with van der Waals surface area (Å²) in [6.45, 7) is 3.80. The Kier molecular flexibility index (Phi) is 3.90. The molecule has 0 aromatic carbocycles. The molecule has 1 aromatic heterocycles. The zero-order valence-corrected chi connectivity index (χ0v) is 8.95. The van der Waals surface area contributed by atoms with Gasteiger partial charge in [0, 0.05) is 0 Å². The minimum atomic E-state index is -4.61. The quantitative estimate of drug-likeness (QED) is 0.871. The average molecular weight is 238 g/mol. The van der Waals surface area contributed by atoms with Crippen molar-refractivity contribution in [1.82, 2.24) is 10.1 Å². The lowest BCUT2D eigenvalue weighted by Gasteiger charge is -2.09. The third-order valence-corrected chi connectivity index (χ3v) is 1.88. The van der Waals surface area contributed by atoms with E-state index in [-0.39, 0.29) is 18.2 Å². The third-order valence-electron chi connectivity index (χ3n) is 1.88. The number of hydrogen-bond donors (Lipinski definition) is 1. The van der Waals surface area contributed by atoms with Crippen molar-refractivity contribution in [3.8, 4) is 0 Å². The van der Waals surface area contributed by atoms with Crippen molar-refractivity contribution >= 4 is 0 Å². The van der Waals surface area contributed by atoms with Gasteiger partial charge < -0.3 is 9.63 Å². The van der Waals surface area contributed by atoms with Gasteiger partial charge >= 0.3 is 6.18 Å². The minimum Gasteiger partial charge on any atom is -0.393 e. The van der Waals surface area contributed by atoms with E-state index in [1.165, 1.54) is 0 Å². The molecule has 1 aromatic rings. The van der Waals surface area contributed by atoms with Crippen LogP contribution in [0.4, 0.5) is 13.2 Å². The normalized spacial score (nSPS) is 14.4. The van der Waals surface area contributed by atoms with Crippen LogP contribution < -0.4 is 0 Å². The molecule has 1 rings (SSSR count). The van der Waals surface area contributed by atoms with Gasteiger partial charge in [0.1, 0.15) is 0 Å². The monoisotopic (exact) mass is 238 g/mol. The molecule has 0 radical (unpaired) electrons. The van der Waals surface area contributed by atoms with Gasteiger partial charge in [-0.2, -0.15) is 18.2 Å². The molecule has 0 amide bonds. The summed E-state index contributed by atoms with van der Waals surface area (Å²) in [5.41, 5.74) is 0. The smallest absolute Gasteiger partial charge is 0.393 e. The van der Waals surface area contributed by atoms with Gasteiger partial charge in [0.05, 0.1) is 12.5 Å². The lowest BCUT2D eigenvalue weighted by Crippen LogP contribution is -2.14. The summed E-state index contributed by atoms with van der Waals surface area (Å²) < 4.78 is 40.7. The van der Waals surface area contributed by atoms with Crippen LogP contribution in [-0.4, -0.2) is 21.4 Å². The van der Waals surface area contributed by atoms with E-state index >= 15 is 0 Å². The Morgan fingerprint density at radius 1 is 1.38 bits per heavy atom. The van der Waals surface area contributed by atoms with E-state index in [1.54, 1.807) is 0 Å². The van der Waals surface area contributed by atoms with Gasteiger partial charge in [-0.15, -0.1) is 0 Å². The van der Waals surface area contributed by atoms with Gasteiger partial charge in [-0.3, -0.25) is 0 Å². The second kappa shape index (κ2) is 4.82. The fourth-order valence-corrected chi connectivity index (χ4v) is 1.28. The van der Waals surface area contributed by atoms with E-state index in [0.29, 0.717) is 6.42 Å². The van der Waals surface area contributed by atoms with Gasteiger partial charge in [0.15, 0.2) is 0 Å². The third kappa shape index (κ3) is 3.80. The van der Waals surface area contributed by atoms with Crippen LogP contribution in [-0.2, 0) is 12.6 Å². The topological polar surface area (TPSA) is 59.2 Å². The SMILES string of the molecule is CC(C)CC(O)Cc1nc(C(F)(F)F)no1. The molecule has 1 heterocycles. The first-order chi connectivity index (χ1) is 7.29. The largest absolute Gasteiger partial charge is 0.455 e. The Labute approximate surface area is 90.5 Å². The van der Waals surface area contributed by atoms with Crippen molar-refractivity contribution in [3.63, 3.8) is 0 Å². The molecule has 4 nitrogen and oxygen atoms in total. The summed E-state index contributed by atoms with van der Waals surface area (Å²) in [4.78, 5) is 3.17. The van der Waals surface area contributed by atoms with Crippen molar-refractivity contribution < 1.29 is 22.8 Å². The molecular formula is C9H13F3N2O2. The number of nitrogens with zero attached hydrogens (tertiary/aromatic N) is 2. The second-order valence-corrected chi connectivity index (χ2v) is 4.00. The molecule has 0 fully saturated rings. The highest BCUT2D eigenvalue weighted by molar-refractivity contribution is 4.92. The maximum atomic E-state index is 12.1. The number of aromatic nitrogens is 2. The number of rotatable bonds is 4. The molecule has 1 N–H and O–H groups in total. The van der Waals surface area contributed by atoms with Crippen molar-refractivity contribution in [2.45, 2.75) is 39.0 Å². The fraction of sp³-hybridized carbons (Fsp3) is 0.778. The number of halogens is 3. The van der Waals surface area contributed by atoms with E-state index in [1.807, 2.05) is 13.8 Å². The zero-order valence-electron chi connectivity index (χ0n) is 8.95. The lowest BCUT2D eigenvalue weighted by molar-refractivity contribution is -0.146. The zero-order chi connectivity index (χ0) is 12.3. The molecule has 0 bridgehead atoms. The number of hydrogen-bond acceptors (Lipinski definition) is 4. The van der Waals surface area contributed by atoms with Crippen molar-refractivity contribution in [2.24, 2.45) is 5.92 Å². The van der Waals surface area contributed by atoms with E-state index in [0.717, 1.165) is 0 Å². The van der Waals surface area contributed by atoms with Gasteiger partial charge in [-0.25, -0.2) is 0 Å². The maximum Gasteiger partial charge on any atom is 0.455 e. The highest BCUT2D eigenvalue weighted by Crippen LogP contribution is 2.26. The Morgan fingerprint density at radius 2 is 2.00 bits per heavy atom. The Hall–Kier alpha value is -1.11. The molecule has 0 saturated heterocycles. The molecule has 1 unspecified atom stereocenters. The molecule has 7 heteroatoms. The van der Waals surface area contributed by atoms with Crippen LogP contribution in [0.25, 0.3) is 0 Å². The first-order valence-electron chi connectivity index (χ1n) is 4.87. The van der Waals surface area contributed by atoms with E-state index in [9.17, 15) is 18.3 Å². The lowest BCUT2D eigenvalue weighted by atomic mass is 10.0. The number of aliphatic hydroxyl groups is 1. The summed E-state index contributed by atoms with van der Waals surface area (Å²) in [6.07, 6.45) is -4.95. The predicted octanol–water partition coefficient (Wildman–Crippen LogP) is 2.04. The first kappa shape index (κ1) is 13.0. The summed E-state index contributed by atoms with van der Waals surface area (Å²) in [6, 6.07) is 0. The van der Waals surface area contributed by atoms with Gasteiger partial charge in [0.2, 0.25) is 5.89 Å². The maximum absolute atomic E-state index is 12.1. The minimum absolute atomic E-state index is 0.0543. The Balaban J connectivity index is 2.59. The van der Waals surface area contributed by atoms with E-state index in [2.05, 4.69) is 14.7 Å². The van der Waals surface area contributed by atoms with Crippen LogP contribution in [0.5, 0.6) is 0 Å². The summed E-state index contributed by atoms with van der Waals surface area (Å²) >= 11 is 0. The Morgan fingerprint density at radius 3 is 2.44 bits per heavy atom. The van der Waals surface area contributed by atoms with Crippen LogP contribution in [0.1, 0.15) is 32.0 Å². The Bertz CT molecular complexity index is 336. The van der Waals surface area contributed by atoms with Crippen LogP contribution in [0, 0.1) is 5.92 Å². The van der Waals surface area contributed by atoms with Crippen molar-refractivity contribution in [3.05, 3.63) is 11.7 Å². The van der Waals surface area contributed by atoms with Crippen molar-refractivity contribution in [2.75, 3.05) is 0 Å². The molecule has 16 heavy (non-hydrogen) atoms. The van der Waals surface area contributed by atoms with Crippen LogP contribution in [0.2, 0.25) is 0 Å². The second-order valence-electron chi connectivity index (χ2n) is 4.00. The van der Waals surface area contributed by atoms with Crippen LogP contribution in [0.3, 0.4) is 0 Å². The average Bonchev–Trinajstić information content (AvgIpc) is 2.49. The van der Waals surface area contributed by atoms with Gasteiger partial charge in [-0.05, 0) is 12.3 Å². The highest BCUT2D eigenvalue weighted by atomic mass is 19.4. The molecule has 0 aliphatic heterocycles. The summed E-state index contributed by atoms with van der Waals surface area (Å²) in [5.74, 6) is -1.25. The van der Waals surface area contributed by atoms with Crippen LogP contribution >= 0.6 is 0 Å². The van der Waals surface area contributed by atoms with E-state index in [4.69, 9.17) is 0 Å². The summed E-state index contributed by atoms with van der Waals surface area (Å²) in [5, 5.41) is 12.3. The summed E-state index contributed by atoms with van der Waals surface area (Å²) in [7, 11) is 0. The predicted molar refractivity (Wildman–Crippen MR) is 48.5 cm³/mol. The highest BCUT2D eigenvalue weighted by Gasteiger charge is 2.37. The first-order valence-corrected chi connectivity index (χ1v) is 4.87. The van der Waals surface area contributed by atoms with E-state index < -0.39 is 18.1 Å². The van der Waals surface area contributed by atoms with Gasteiger partial charge in [-0.1, -0.05) is 19.0 Å². The number of aliphatic hydroxyl groups excluding tert-OH is 1. The molecule has 92 valence electrons. The molecule has 0 spiro atoms. The molecular weight excluding hydrogens is 225 g/mol. The molecule has 0 saturated carbocycles. The standard InChI is InChI=1S/C9H13F3N2O2/c1-5(2)3-6(15)4-7-13-8(14-16-7)9(10,11)12/h5-6,15H,3-4H2,1-2H3. The molecule has 1 atom stereocenters. The van der Waals surface area contributed by atoms with Crippen LogP contribution in [0.15, 0.2) is 4.52 Å². The molecule has 0 aliphatic carbocycles.